The van der Waals surface area contributed by atoms with Crippen molar-refractivity contribution >= 4 is 11.6 Å². The molecule has 0 saturated carbocycles. The monoisotopic (exact) mass is 365 g/mol. The van der Waals surface area contributed by atoms with E-state index in [2.05, 4.69) is 9.80 Å². The van der Waals surface area contributed by atoms with Gasteiger partial charge in [-0.25, -0.2) is 4.39 Å². The lowest BCUT2D eigenvalue weighted by molar-refractivity contribution is -0.136. The number of hydrogen-bond acceptors (Lipinski definition) is 5. The molecule has 1 atom stereocenters. The Balaban J connectivity index is 1.54. The summed E-state index contributed by atoms with van der Waals surface area (Å²) in [5, 5.41) is 19.0. The van der Waals surface area contributed by atoms with Crippen LogP contribution in [0.15, 0.2) is 24.3 Å². The van der Waals surface area contributed by atoms with Crippen LogP contribution >= 0.6 is 0 Å². The number of rotatable bonds is 5. The number of nitrogens with zero attached hydrogens (tertiary/aromatic N) is 3. The summed E-state index contributed by atoms with van der Waals surface area (Å²) in [5.74, 6) is -0.178. The third-order valence-electron chi connectivity index (χ3n) is 5.83. The van der Waals surface area contributed by atoms with Crippen LogP contribution in [-0.4, -0.2) is 84.4 Å². The fourth-order valence-electron chi connectivity index (χ4n) is 3.87. The van der Waals surface area contributed by atoms with E-state index in [4.69, 9.17) is 0 Å². The molecular weight excluding hydrogens is 337 g/mol. The molecule has 26 heavy (non-hydrogen) atoms. The van der Waals surface area contributed by atoms with Crippen LogP contribution in [0.4, 0.5) is 10.1 Å². The molecule has 0 radical (unpaired) electrons. The molecule has 6 nitrogen and oxygen atoms in total. The van der Waals surface area contributed by atoms with Gasteiger partial charge >= 0.3 is 0 Å². The summed E-state index contributed by atoms with van der Waals surface area (Å²) in [7, 11) is 0. The Labute approximate surface area is 153 Å². The molecule has 2 fully saturated rings. The highest BCUT2D eigenvalue weighted by atomic mass is 19.1. The van der Waals surface area contributed by atoms with Gasteiger partial charge in [-0.1, -0.05) is 0 Å². The zero-order chi connectivity index (χ0) is 18.7. The number of likely N-dealkylation sites (tertiary alicyclic amines) is 1. The van der Waals surface area contributed by atoms with E-state index >= 15 is 0 Å². The summed E-state index contributed by atoms with van der Waals surface area (Å²) < 4.78 is 13.1. The second-order valence-corrected chi connectivity index (χ2v) is 7.50. The van der Waals surface area contributed by atoms with Crippen LogP contribution in [0.5, 0.6) is 0 Å². The van der Waals surface area contributed by atoms with Crippen molar-refractivity contribution in [2.24, 2.45) is 5.41 Å². The fraction of sp³-hybridized carbons (Fsp3) is 0.632. The minimum Gasteiger partial charge on any atom is -0.396 e. The number of amides is 1. The number of hydrogen-bond donors (Lipinski definition) is 2. The van der Waals surface area contributed by atoms with Gasteiger partial charge in [-0.3, -0.25) is 9.69 Å². The first kappa shape index (κ1) is 19.1. The average Bonchev–Trinajstić information content (AvgIpc) is 3.13. The zero-order valence-electron chi connectivity index (χ0n) is 15.3. The Morgan fingerprint density at radius 2 is 1.73 bits per heavy atom. The first-order valence-corrected chi connectivity index (χ1v) is 9.23. The Bertz CT molecular complexity index is 613. The lowest BCUT2D eigenvalue weighted by Crippen LogP contribution is -2.54. The van der Waals surface area contributed by atoms with E-state index in [1.165, 1.54) is 12.1 Å². The van der Waals surface area contributed by atoms with E-state index in [-0.39, 0.29) is 31.0 Å². The van der Waals surface area contributed by atoms with Crippen LogP contribution in [-0.2, 0) is 4.79 Å². The van der Waals surface area contributed by atoms with Crippen molar-refractivity contribution in [1.29, 1.82) is 0 Å². The summed E-state index contributed by atoms with van der Waals surface area (Å²) in [4.78, 5) is 19.0. The molecule has 0 aromatic heterocycles. The third-order valence-corrected chi connectivity index (χ3v) is 5.83. The van der Waals surface area contributed by atoms with Crippen LogP contribution in [0.25, 0.3) is 0 Å². The first-order valence-electron chi connectivity index (χ1n) is 9.23. The molecule has 0 aliphatic carbocycles. The minimum absolute atomic E-state index is 0.0593. The van der Waals surface area contributed by atoms with E-state index in [1.807, 2.05) is 6.92 Å². The van der Waals surface area contributed by atoms with Gasteiger partial charge in [0, 0.05) is 50.4 Å². The van der Waals surface area contributed by atoms with E-state index in [0.29, 0.717) is 19.5 Å². The van der Waals surface area contributed by atoms with Gasteiger partial charge in [0.2, 0.25) is 5.91 Å². The van der Waals surface area contributed by atoms with Gasteiger partial charge in [0.25, 0.3) is 0 Å². The summed E-state index contributed by atoms with van der Waals surface area (Å²) in [6, 6.07) is 6.28. The molecule has 2 N–H and O–H groups in total. The molecule has 1 unspecified atom stereocenters. The molecule has 2 saturated heterocycles. The molecule has 1 aromatic carbocycles. The zero-order valence-corrected chi connectivity index (χ0v) is 15.3. The van der Waals surface area contributed by atoms with Crippen molar-refractivity contribution in [3.8, 4) is 0 Å². The second-order valence-electron chi connectivity index (χ2n) is 7.50. The van der Waals surface area contributed by atoms with Crippen molar-refractivity contribution in [2.75, 3.05) is 57.4 Å². The highest BCUT2D eigenvalue weighted by Gasteiger charge is 2.41. The van der Waals surface area contributed by atoms with E-state index in [0.717, 1.165) is 31.9 Å². The van der Waals surface area contributed by atoms with Crippen LogP contribution < -0.4 is 4.90 Å². The Hall–Kier alpha value is -1.70. The van der Waals surface area contributed by atoms with Crippen molar-refractivity contribution in [3.63, 3.8) is 0 Å². The predicted octanol–water partition coefficient (Wildman–Crippen LogP) is 0.540. The highest BCUT2D eigenvalue weighted by Crippen LogP contribution is 2.30. The Morgan fingerprint density at radius 3 is 2.27 bits per heavy atom. The van der Waals surface area contributed by atoms with Gasteiger partial charge in [0.1, 0.15) is 5.82 Å². The Kier molecular flexibility index (Phi) is 5.79. The number of carbonyl (C=O) groups excluding carboxylic acids is 1. The number of benzene rings is 1. The number of halogens is 1. The summed E-state index contributed by atoms with van der Waals surface area (Å²) in [5.41, 5.74) is 0.441. The van der Waals surface area contributed by atoms with Crippen molar-refractivity contribution in [3.05, 3.63) is 30.1 Å². The van der Waals surface area contributed by atoms with Crippen molar-refractivity contribution < 1.29 is 19.4 Å². The van der Waals surface area contributed by atoms with Crippen molar-refractivity contribution in [1.82, 2.24) is 9.80 Å². The molecule has 144 valence electrons. The normalized spacial score (nSPS) is 21.8. The number of aliphatic hydroxyl groups is 2. The number of anilines is 1. The van der Waals surface area contributed by atoms with Crippen LogP contribution in [0.1, 0.15) is 13.3 Å². The minimum atomic E-state index is -0.559. The maximum atomic E-state index is 13.1. The quantitative estimate of drug-likeness (QED) is 0.797. The standard InChI is InChI=1S/C19H28FN3O3/c1-15(18(26)23-7-6-19(12-23,13-24)14-25)21-8-10-22(11-9-21)17-4-2-16(20)3-5-17/h2-5,15,24-25H,6-14H2,1H3. The van der Waals surface area contributed by atoms with E-state index in [9.17, 15) is 19.4 Å². The highest BCUT2D eigenvalue weighted by molar-refractivity contribution is 5.82. The molecule has 3 rings (SSSR count). The average molecular weight is 365 g/mol. The van der Waals surface area contributed by atoms with E-state index in [1.54, 1.807) is 17.0 Å². The van der Waals surface area contributed by atoms with Gasteiger partial charge in [-0.05, 0) is 37.6 Å². The SMILES string of the molecule is CC(C(=O)N1CCC(CO)(CO)C1)N1CCN(c2ccc(F)cc2)CC1. The van der Waals surface area contributed by atoms with Crippen LogP contribution in [0, 0.1) is 11.2 Å². The molecule has 1 aromatic rings. The topological polar surface area (TPSA) is 67.2 Å². The van der Waals surface area contributed by atoms with Gasteiger partial charge in [0.05, 0.1) is 19.3 Å². The smallest absolute Gasteiger partial charge is 0.239 e. The largest absolute Gasteiger partial charge is 0.396 e. The van der Waals surface area contributed by atoms with Crippen LogP contribution in [0.3, 0.4) is 0 Å². The third kappa shape index (κ3) is 3.84. The predicted molar refractivity (Wildman–Crippen MR) is 97.4 cm³/mol. The molecular formula is C19H28FN3O3. The van der Waals surface area contributed by atoms with Crippen molar-refractivity contribution in [2.45, 2.75) is 19.4 Å². The maximum absolute atomic E-state index is 13.1. The molecule has 2 heterocycles. The fourth-order valence-corrected chi connectivity index (χ4v) is 3.87. The lowest BCUT2D eigenvalue weighted by atomic mass is 9.89. The molecule has 0 bridgehead atoms. The molecule has 2 aliphatic rings. The summed E-state index contributed by atoms with van der Waals surface area (Å²) in [6.07, 6.45) is 0.636. The molecule has 1 amide bonds. The lowest BCUT2D eigenvalue weighted by Gasteiger charge is -2.39. The summed E-state index contributed by atoms with van der Waals surface area (Å²) >= 11 is 0. The van der Waals surface area contributed by atoms with Gasteiger partial charge in [-0.15, -0.1) is 0 Å². The number of aliphatic hydroxyl groups excluding tert-OH is 2. The first-order chi connectivity index (χ1) is 12.5. The van der Waals surface area contributed by atoms with Gasteiger partial charge in [-0.2, -0.15) is 0 Å². The maximum Gasteiger partial charge on any atom is 0.239 e. The van der Waals surface area contributed by atoms with Gasteiger partial charge in [0.15, 0.2) is 0 Å². The van der Waals surface area contributed by atoms with E-state index < -0.39 is 5.41 Å². The molecule has 0 spiro atoms. The molecule has 2 aliphatic heterocycles. The van der Waals surface area contributed by atoms with Gasteiger partial charge < -0.3 is 20.0 Å². The summed E-state index contributed by atoms with van der Waals surface area (Å²) in [6.45, 7) is 5.84. The number of piperazine rings is 1. The second kappa shape index (κ2) is 7.90. The number of carbonyl (C=O) groups is 1. The Morgan fingerprint density at radius 1 is 1.12 bits per heavy atom. The van der Waals surface area contributed by atoms with Crippen LogP contribution in [0.2, 0.25) is 0 Å². The molecule has 7 heteroatoms.